The van der Waals surface area contributed by atoms with Crippen LogP contribution in [0, 0.1) is 0 Å². The summed E-state index contributed by atoms with van der Waals surface area (Å²) in [7, 11) is -3.59. The van der Waals surface area contributed by atoms with Crippen molar-refractivity contribution in [1.29, 1.82) is 0 Å². The molecule has 0 saturated carbocycles. The Morgan fingerprint density at radius 2 is 1.62 bits per heavy atom. The molecule has 0 heterocycles. The molecule has 0 aliphatic carbocycles. The van der Waals surface area contributed by atoms with Gasteiger partial charge in [-0.3, -0.25) is 0 Å². The van der Waals surface area contributed by atoms with Gasteiger partial charge in [0.05, 0.1) is 4.90 Å². The second-order valence-electron chi connectivity index (χ2n) is 5.57. The molecule has 4 nitrogen and oxygen atoms in total. The van der Waals surface area contributed by atoms with E-state index in [2.05, 4.69) is 4.72 Å². The fourth-order valence-electron chi connectivity index (χ4n) is 2.30. The zero-order chi connectivity index (χ0) is 15.7. The van der Waals surface area contributed by atoms with E-state index in [-0.39, 0.29) is 4.90 Å². The quantitative estimate of drug-likeness (QED) is 0.833. The van der Waals surface area contributed by atoms with Gasteiger partial charge in [-0.1, -0.05) is 38.1 Å². The standard InChI is InChI=1S/C16H22N2O2S/c1-4-16(3,5-2)18-21(19,20)15-11-10-14(17)12-8-6-7-9-13(12)15/h6-11,18H,4-5,17H2,1-3H3. The molecular formula is C16H22N2O2S. The number of nitrogens with one attached hydrogen (secondary N) is 1. The molecule has 0 aliphatic heterocycles. The highest BCUT2D eigenvalue weighted by Gasteiger charge is 2.28. The van der Waals surface area contributed by atoms with Gasteiger partial charge in [-0.15, -0.1) is 0 Å². The number of fused-ring (bicyclic) bond motifs is 1. The lowest BCUT2D eigenvalue weighted by molar-refractivity contribution is 0.389. The van der Waals surface area contributed by atoms with E-state index in [1.165, 1.54) is 0 Å². The molecular weight excluding hydrogens is 284 g/mol. The maximum Gasteiger partial charge on any atom is 0.241 e. The van der Waals surface area contributed by atoms with Gasteiger partial charge in [-0.25, -0.2) is 13.1 Å². The maximum absolute atomic E-state index is 12.7. The number of anilines is 1. The Labute approximate surface area is 126 Å². The molecule has 2 aromatic rings. The Kier molecular flexibility index (Phi) is 4.25. The highest BCUT2D eigenvalue weighted by atomic mass is 32.2. The molecule has 2 aromatic carbocycles. The fourth-order valence-corrected chi connectivity index (χ4v) is 4.06. The molecule has 21 heavy (non-hydrogen) atoms. The van der Waals surface area contributed by atoms with E-state index in [4.69, 9.17) is 5.73 Å². The Morgan fingerprint density at radius 1 is 1.05 bits per heavy atom. The van der Waals surface area contributed by atoms with Crippen LogP contribution in [0.3, 0.4) is 0 Å². The first-order valence-electron chi connectivity index (χ1n) is 7.14. The molecule has 0 atom stereocenters. The SMILES string of the molecule is CCC(C)(CC)NS(=O)(=O)c1ccc(N)c2ccccc12. The van der Waals surface area contributed by atoms with Gasteiger partial charge in [0.15, 0.2) is 0 Å². The van der Waals surface area contributed by atoms with E-state index in [9.17, 15) is 8.42 Å². The molecule has 2 rings (SSSR count). The Balaban J connectivity index is 2.59. The minimum Gasteiger partial charge on any atom is -0.398 e. The van der Waals surface area contributed by atoms with E-state index < -0.39 is 15.6 Å². The van der Waals surface area contributed by atoms with Crippen LogP contribution in [0.4, 0.5) is 5.69 Å². The van der Waals surface area contributed by atoms with Crippen molar-refractivity contribution in [3.8, 4) is 0 Å². The molecule has 3 N–H and O–H groups in total. The van der Waals surface area contributed by atoms with Crippen LogP contribution in [0.1, 0.15) is 33.6 Å². The Bertz CT molecular complexity index is 750. The summed E-state index contributed by atoms with van der Waals surface area (Å²) in [4.78, 5) is 0.278. The van der Waals surface area contributed by atoms with Gasteiger partial charge < -0.3 is 5.73 Å². The van der Waals surface area contributed by atoms with E-state index in [0.29, 0.717) is 11.1 Å². The van der Waals surface area contributed by atoms with Crippen LogP contribution < -0.4 is 10.5 Å². The highest BCUT2D eigenvalue weighted by Crippen LogP contribution is 2.29. The number of hydrogen-bond acceptors (Lipinski definition) is 3. The number of hydrogen-bond donors (Lipinski definition) is 2. The van der Waals surface area contributed by atoms with Crippen LogP contribution in [-0.2, 0) is 10.0 Å². The topological polar surface area (TPSA) is 72.2 Å². The van der Waals surface area contributed by atoms with Crippen LogP contribution in [-0.4, -0.2) is 14.0 Å². The summed E-state index contributed by atoms with van der Waals surface area (Å²) < 4.78 is 28.3. The normalized spacial score (nSPS) is 12.7. The van der Waals surface area contributed by atoms with Crippen molar-refractivity contribution >= 4 is 26.5 Å². The number of nitrogens with two attached hydrogens (primary N) is 1. The smallest absolute Gasteiger partial charge is 0.241 e. The first-order valence-corrected chi connectivity index (χ1v) is 8.62. The molecule has 0 bridgehead atoms. The number of sulfonamides is 1. The average molecular weight is 306 g/mol. The van der Waals surface area contributed by atoms with E-state index in [1.54, 1.807) is 18.2 Å². The third kappa shape index (κ3) is 3.04. The summed E-state index contributed by atoms with van der Waals surface area (Å²) in [6.07, 6.45) is 1.46. The van der Waals surface area contributed by atoms with Crippen molar-refractivity contribution < 1.29 is 8.42 Å². The zero-order valence-electron chi connectivity index (χ0n) is 12.7. The van der Waals surface area contributed by atoms with Crippen molar-refractivity contribution in [1.82, 2.24) is 4.72 Å². The summed E-state index contributed by atoms with van der Waals surface area (Å²) in [5, 5.41) is 1.41. The molecule has 0 aliphatic rings. The van der Waals surface area contributed by atoms with Gasteiger partial charge in [0.2, 0.25) is 10.0 Å². The van der Waals surface area contributed by atoms with Crippen LogP contribution in [0.2, 0.25) is 0 Å². The van der Waals surface area contributed by atoms with E-state index in [1.807, 2.05) is 39.0 Å². The molecule has 0 amide bonds. The van der Waals surface area contributed by atoms with Crippen molar-refractivity contribution in [2.45, 2.75) is 44.0 Å². The monoisotopic (exact) mass is 306 g/mol. The first kappa shape index (κ1) is 15.8. The fraction of sp³-hybridized carbons (Fsp3) is 0.375. The van der Waals surface area contributed by atoms with Crippen LogP contribution in [0.15, 0.2) is 41.3 Å². The van der Waals surface area contributed by atoms with E-state index in [0.717, 1.165) is 18.2 Å². The van der Waals surface area contributed by atoms with Crippen LogP contribution in [0.25, 0.3) is 10.8 Å². The summed E-state index contributed by atoms with van der Waals surface area (Å²) in [5.74, 6) is 0. The minimum absolute atomic E-state index is 0.278. The van der Waals surface area contributed by atoms with Crippen molar-refractivity contribution in [2.24, 2.45) is 0 Å². The molecule has 5 heteroatoms. The second-order valence-corrected chi connectivity index (χ2v) is 7.22. The Hall–Kier alpha value is -1.59. The molecule has 0 radical (unpaired) electrons. The third-order valence-corrected chi connectivity index (χ3v) is 5.85. The van der Waals surface area contributed by atoms with Crippen molar-refractivity contribution in [3.05, 3.63) is 36.4 Å². The van der Waals surface area contributed by atoms with Gasteiger partial charge >= 0.3 is 0 Å². The minimum atomic E-state index is -3.59. The maximum atomic E-state index is 12.7. The van der Waals surface area contributed by atoms with Crippen molar-refractivity contribution in [3.63, 3.8) is 0 Å². The molecule has 0 spiro atoms. The lowest BCUT2D eigenvalue weighted by Gasteiger charge is -2.28. The molecule has 0 fully saturated rings. The lowest BCUT2D eigenvalue weighted by atomic mass is 9.98. The summed E-state index contributed by atoms with van der Waals surface area (Å²) in [6.45, 7) is 5.88. The highest BCUT2D eigenvalue weighted by molar-refractivity contribution is 7.89. The van der Waals surface area contributed by atoms with Gasteiger partial charge in [-0.2, -0.15) is 0 Å². The van der Waals surface area contributed by atoms with Gasteiger partial charge in [0.1, 0.15) is 0 Å². The summed E-state index contributed by atoms with van der Waals surface area (Å²) in [5.41, 5.74) is 6.07. The number of nitrogen functional groups attached to an aromatic ring is 1. The molecule has 0 saturated heterocycles. The number of rotatable bonds is 5. The second kappa shape index (κ2) is 5.66. The van der Waals surface area contributed by atoms with Crippen LogP contribution in [0.5, 0.6) is 0 Å². The average Bonchev–Trinajstić information content (AvgIpc) is 2.47. The lowest BCUT2D eigenvalue weighted by Crippen LogP contribution is -2.44. The zero-order valence-corrected chi connectivity index (χ0v) is 13.5. The van der Waals surface area contributed by atoms with Gasteiger partial charge in [0.25, 0.3) is 0 Å². The summed E-state index contributed by atoms with van der Waals surface area (Å²) in [6, 6.07) is 10.5. The largest absolute Gasteiger partial charge is 0.398 e. The Morgan fingerprint density at radius 3 is 2.19 bits per heavy atom. The molecule has 114 valence electrons. The summed E-state index contributed by atoms with van der Waals surface area (Å²) >= 11 is 0. The molecule has 0 aromatic heterocycles. The van der Waals surface area contributed by atoms with E-state index >= 15 is 0 Å². The van der Waals surface area contributed by atoms with Gasteiger partial charge in [0, 0.05) is 22.0 Å². The first-order chi connectivity index (χ1) is 9.83. The predicted octanol–water partition coefficient (Wildman–Crippen LogP) is 3.28. The van der Waals surface area contributed by atoms with Crippen LogP contribution >= 0.6 is 0 Å². The third-order valence-electron chi connectivity index (χ3n) is 4.15. The number of benzene rings is 2. The predicted molar refractivity (Wildman–Crippen MR) is 87.7 cm³/mol. The van der Waals surface area contributed by atoms with Gasteiger partial charge in [-0.05, 0) is 31.9 Å². The molecule has 0 unspecified atom stereocenters. The van der Waals surface area contributed by atoms with Crippen molar-refractivity contribution in [2.75, 3.05) is 5.73 Å².